The van der Waals surface area contributed by atoms with Crippen LogP contribution in [0, 0.1) is 23.6 Å². The minimum Gasteiger partial charge on any atom is -0.481 e. The maximum Gasteiger partial charge on any atom is 0.341 e. The van der Waals surface area contributed by atoms with Crippen molar-refractivity contribution in [3.63, 3.8) is 0 Å². The highest BCUT2D eigenvalue weighted by molar-refractivity contribution is 7.90. The quantitative estimate of drug-likeness (QED) is 0.0993. The molecule has 6 aromatic rings. The Morgan fingerprint density at radius 2 is 1.83 bits per heavy atom. The average molecular weight is 1010 g/mol. The molecule has 3 aromatic heterocycles. The second-order valence-electron chi connectivity index (χ2n) is 15.1. The Morgan fingerprint density at radius 1 is 1.07 bits per heavy atom. The van der Waals surface area contributed by atoms with Crippen molar-refractivity contribution in [3.05, 3.63) is 93.9 Å². The molecule has 69 heavy (non-hydrogen) atoms. The number of nitrogens with zero attached hydrogens (tertiary/aromatic N) is 8. The van der Waals surface area contributed by atoms with Crippen LogP contribution in [0.1, 0.15) is 37.0 Å². The fourth-order valence-corrected chi connectivity index (χ4v) is 8.59. The fourth-order valence-electron chi connectivity index (χ4n) is 6.51. The first-order valence-corrected chi connectivity index (χ1v) is 22.9. The second kappa shape index (κ2) is 21.8. The predicted octanol–water partition coefficient (Wildman–Crippen LogP) is 5.13. The standard InChI is InChI=1S/C18H17FN4O2S.C14H16N6O6S.C11H8ClNO3/c1-4-5-22-13-7-12(11(19)6-14(13)25-9-16(22)24)20-17-23-10-18(2,3)8-15(23)21-26-17;1-3-26-14-18-11(15-2)16-12(19-14)17-13(23)20-27(24,25)9-7-5-4-6-8(9)10(21)22;12-8-3-4-9(16-6-10(14)15)11-7(8)2-1-5-13-11/h1,6-7H,5,8-10H2,2-3H3;4-7H,3H2,1-2H3,(H,21,22)(H3,15,16,17,18,19,20,23);1-5H,6H2,(H,14,15)/b20-17-;;. The first-order valence-electron chi connectivity index (χ1n) is 20.2. The molecule has 2 aliphatic rings. The maximum atomic E-state index is 14.5. The maximum absolute atomic E-state index is 14.5. The Hall–Kier alpha value is -7.95. The molecule has 360 valence electrons. The van der Waals surface area contributed by atoms with E-state index in [9.17, 15) is 32.0 Å². The number of terminal acetylenes is 1. The minimum atomic E-state index is -4.45. The van der Waals surface area contributed by atoms with Gasteiger partial charge in [-0.3, -0.25) is 20.0 Å². The number of pyridine rings is 1. The van der Waals surface area contributed by atoms with Crippen molar-refractivity contribution in [1.29, 1.82) is 0 Å². The SMILES string of the molecule is C#CCN1C(=O)COc2cc(F)c(/N=c3\snc4n3CC(C)(C)C4)cc21.CCOc1nc(NC)nc(NC(=O)NS(=O)(=O)c2ccccc2C(=O)O)n1.O=C(O)COc1ccc(Cl)c2cccnc12. The molecule has 3 aromatic carbocycles. The molecule has 2 aliphatic heterocycles. The Balaban J connectivity index is 0.000000176. The van der Waals surface area contributed by atoms with Gasteiger partial charge in [0.2, 0.25) is 16.7 Å². The lowest BCUT2D eigenvalue weighted by Crippen LogP contribution is -2.39. The van der Waals surface area contributed by atoms with Gasteiger partial charge in [0.25, 0.3) is 15.9 Å². The lowest BCUT2D eigenvalue weighted by molar-refractivity contribution is -0.139. The third-order valence-corrected chi connectivity index (χ3v) is 11.9. The molecule has 3 amide bonds. The molecule has 0 unspecified atom stereocenters. The Morgan fingerprint density at radius 3 is 2.54 bits per heavy atom. The summed E-state index contributed by atoms with van der Waals surface area (Å²) >= 11 is 7.22. The molecule has 0 spiro atoms. The summed E-state index contributed by atoms with van der Waals surface area (Å²) in [4.78, 5) is 67.3. The van der Waals surface area contributed by atoms with Crippen molar-refractivity contribution in [1.82, 2.24) is 33.6 Å². The number of aromatic nitrogens is 6. The van der Waals surface area contributed by atoms with Crippen molar-refractivity contribution in [2.45, 2.75) is 38.6 Å². The van der Waals surface area contributed by atoms with Gasteiger partial charge >= 0.3 is 24.0 Å². The first-order chi connectivity index (χ1) is 32.8. The van der Waals surface area contributed by atoms with Crippen molar-refractivity contribution < 1.29 is 56.4 Å². The summed E-state index contributed by atoms with van der Waals surface area (Å²) in [6.07, 6.45) is 7.82. The smallest absolute Gasteiger partial charge is 0.341 e. The lowest BCUT2D eigenvalue weighted by atomic mass is 9.92. The van der Waals surface area contributed by atoms with E-state index in [1.807, 2.05) is 4.57 Å². The summed E-state index contributed by atoms with van der Waals surface area (Å²) in [6.45, 7) is 6.63. The number of nitrogens with one attached hydrogen (secondary N) is 3. The normalized spacial score (nSPS) is 13.5. The summed E-state index contributed by atoms with van der Waals surface area (Å²) in [5, 5.41) is 23.7. The summed E-state index contributed by atoms with van der Waals surface area (Å²) in [5.74, 6) is 0.681. The summed E-state index contributed by atoms with van der Waals surface area (Å²) in [5.41, 5.74) is 0.766. The van der Waals surface area contributed by atoms with E-state index in [-0.39, 0.29) is 54.7 Å². The van der Waals surface area contributed by atoms with Gasteiger partial charge in [-0.25, -0.2) is 36.9 Å². The van der Waals surface area contributed by atoms with Crippen molar-refractivity contribution in [3.8, 4) is 29.9 Å². The highest BCUT2D eigenvalue weighted by Crippen LogP contribution is 2.38. The number of benzene rings is 3. The van der Waals surface area contributed by atoms with Crippen LogP contribution in [0.3, 0.4) is 0 Å². The fraction of sp³-hybridized carbons (Fsp3) is 0.256. The predicted molar refractivity (Wildman–Crippen MR) is 249 cm³/mol. The van der Waals surface area contributed by atoms with E-state index < -0.39 is 50.9 Å². The number of carboxylic acid groups (broad SMARTS) is 2. The number of sulfonamides is 1. The van der Waals surface area contributed by atoms with Gasteiger partial charge in [0.05, 0.1) is 29.4 Å². The van der Waals surface area contributed by atoms with E-state index in [1.54, 1.807) is 42.1 Å². The van der Waals surface area contributed by atoms with Gasteiger partial charge < -0.3 is 34.3 Å². The number of hydrogen-bond acceptors (Lipinski definition) is 17. The van der Waals surface area contributed by atoms with Crippen molar-refractivity contribution >= 4 is 91.2 Å². The molecule has 5 heterocycles. The van der Waals surface area contributed by atoms with Crippen LogP contribution in [-0.2, 0) is 32.6 Å². The number of carbonyl (C=O) groups is 4. The van der Waals surface area contributed by atoms with Crippen molar-refractivity contribution in [2.75, 3.05) is 48.9 Å². The molecule has 5 N–H and O–H groups in total. The number of hydrogen-bond donors (Lipinski definition) is 5. The molecule has 0 saturated carbocycles. The summed E-state index contributed by atoms with van der Waals surface area (Å²) in [6, 6.07) is 13.2. The van der Waals surface area contributed by atoms with E-state index >= 15 is 0 Å². The Labute approximate surface area is 401 Å². The van der Waals surface area contributed by atoms with Crippen LogP contribution >= 0.6 is 23.1 Å². The highest BCUT2D eigenvalue weighted by Gasteiger charge is 2.31. The zero-order chi connectivity index (χ0) is 50.0. The molecule has 0 radical (unpaired) electrons. The van der Waals surface area contributed by atoms with Crippen molar-refractivity contribution in [2.24, 2.45) is 10.4 Å². The van der Waals surface area contributed by atoms with Crippen LogP contribution in [0.5, 0.6) is 17.5 Å². The topological polar surface area (TPSA) is 292 Å². The van der Waals surface area contributed by atoms with E-state index in [1.165, 1.54) is 47.7 Å². The molecule has 22 nitrogen and oxygen atoms in total. The van der Waals surface area contributed by atoms with E-state index in [4.69, 9.17) is 42.4 Å². The number of urea groups is 1. The van der Waals surface area contributed by atoms with Gasteiger partial charge in [0, 0.05) is 49.2 Å². The number of aliphatic carboxylic acids is 1. The van der Waals surface area contributed by atoms with Crippen LogP contribution in [0.15, 0.2) is 76.7 Å². The number of carboxylic acids is 2. The van der Waals surface area contributed by atoms with E-state index in [0.29, 0.717) is 32.5 Å². The van der Waals surface area contributed by atoms with Gasteiger partial charge in [-0.05, 0) is 54.8 Å². The summed E-state index contributed by atoms with van der Waals surface area (Å²) < 4.78 is 62.9. The van der Waals surface area contributed by atoms with Crippen LogP contribution < -0.4 is 39.3 Å². The zero-order valence-corrected chi connectivity index (χ0v) is 39.3. The van der Waals surface area contributed by atoms with Crippen LogP contribution in [-0.4, -0.2) is 105 Å². The molecular weight excluding hydrogens is 965 g/mol. The summed E-state index contributed by atoms with van der Waals surface area (Å²) in [7, 11) is -2.92. The monoisotopic (exact) mass is 1010 g/mol. The number of rotatable bonds is 12. The number of halogens is 2. The molecule has 0 fully saturated rings. The minimum absolute atomic E-state index is 0.0776. The highest BCUT2D eigenvalue weighted by atomic mass is 35.5. The van der Waals surface area contributed by atoms with E-state index in [0.717, 1.165) is 36.3 Å². The number of aromatic carboxylic acids is 1. The van der Waals surface area contributed by atoms with Gasteiger partial charge in [-0.2, -0.15) is 19.3 Å². The largest absolute Gasteiger partial charge is 0.481 e. The van der Waals surface area contributed by atoms with Gasteiger partial charge in [-0.15, -0.1) is 6.42 Å². The molecule has 26 heteroatoms. The second-order valence-corrected chi connectivity index (χ2v) is 17.9. The molecule has 0 saturated heterocycles. The third-order valence-electron chi connectivity index (χ3n) is 9.44. The first kappa shape index (κ1) is 50.5. The van der Waals surface area contributed by atoms with Gasteiger partial charge in [-0.1, -0.05) is 43.5 Å². The Kier molecular flexibility index (Phi) is 15.9. The lowest BCUT2D eigenvalue weighted by Gasteiger charge is -2.28. The number of carbonyl (C=O) groups excluding carboxylic acids is 2. The number of anilines is 3. The van der Waals surface area contributed by atoms with Crippen LogP contribution in [0.4, 0.5) is 32.5 Å². The van der Waals surface area contributed by atoms with E-state index in [2.05, 4.69) is 59.7 Å². The number of ether oxygens (including phenoxy) is 3. The molecule has 0 bridgehead atoms. The third kappa shape index (κ3) is 12.5. The van der Waals surface area contributed by atoms with Crippen LogP contribution in [0.25, 0.3) is 10.9 Å². The van der Waals surface area contributed by atoms with Gasteiger partial charge in [0.15, 0.2) is 19.0 Å². The number of fused-ring (bicyclic) bond motifs is 3. The Bertz CT molecular complexity index is 3180. The zero-order valence-electron chi connectivity index (χ0n) is 36.9. The average Bonchev–Trinajstić information content (AvgIpc) is 3.82. The molecular formula is C43H41ClFN11O11S2. The molecule has 0 aliphatic carbocycles. The molecule has 8 rings (SSSR count). The van der Waals surface area contributed by atoms with Gasteiger partial charge in [0.1, 0.15) is 33.4 Å². The number of amides is 3. The molecule has 0 atom stereocenters. The van der Waals surface area contributed by atoms with Crippen LogP contribution in [0.2, 0.25) is 5.02 Å².